The fraction of sp³-hybridized carbons (Fsp3) is 0.667. The molecule has 0 saturated carbocycles. The van der Waals surface area contributed by atoms with E-state index >= 15 is 0 Å². The van der Waals surface area contributed by atoms with Crippen LogP contribution in [0.5, 0.6) is 0 Å². The van der Waals surface area contributed by atoms with Crippen molar-refractivity contribution in [2.45, 2.75) is 20.4 Å². The van der Waals surface area contributed by atoms with Crippen LogP contribution in [0, 0.1) is 17.0 Å². The van der Waals surface area contributed by atoms with Crippen LogP contribution >= 0.6 is 0 Å². The maximum absolute atomic E-state index is 10.9. The van der Waals surface area contributed by atoms with Crippen molar-refractivity contribution in [1.29, 1.82) is 0 Å². The van der Waals surface area contributed by atoms with Crippen molar-refractivity contribution in [3.8, 4) is 0 Å². The molecular weight excluding hydrogens is 212 g/mol. The molecule has 7 nitrogen and oxygen atoms in total. The predicted molar refractivity (Wildman–Crippen MR) is 59.7 cm³/mol. The van der Waals surface area contributed by atoms with E-state index in [-0.39, 0.29) is 5.69 Å². The predicted octanol–water partition coefficient (Wildman–Crippen LogP) is 1.18. The van der Waals surface area contributed by atoms with Gasteiger partial charge in [0, 0.05) is 20.2 Å². The molecule has 0 fully saturated rings. The molecule has 16 heavy (non-hydrogen) atoms. The Hall–Kier alpha value is -1.63. The molecule has 0 saturated heterocycles. The first kappa shape index (κ1) is 12.4. The minimum Gasteiger partial charge on any atom is -0.383 e. The van der Waals surface area contributed by atoms with E-state index < -0.39 is 4.92 Å². The number of nitrogens with one attached hydrogen (secondary N) is 1. The first-order chi connectivity index (χ1) is 7.61. The van der Waals surface area contributed by atoms with Gasteiger partial charge in [-0.3, -0.25) is 10.1 Å². The molecule has 0 aliphatic rings. The summed E-state index contributed by atoms with van der Waals surface area (Å²) >= 11 is 0. The Morgan fingerprint density at radius 2 is 2.31 bits per heavy atom. The number of aromatic nitrogens is 2. The molecule has 0 amide bonds. The fourth-order valence-corrected chi connectivity index (χ4v) is 1.47. The molecule has 1 aromatic rings. The number of methoxy groups -OCH3 is 1. The summed E-state index contributed by atoms with van der Waals surface area (Å²) in [5.74, 6) is 0.446. The van der Waals surface area contributed by atoms with Crippen LogP contribution in [0.1, 0.15) is 12.6 Å². The minimum absolute atomic E-state index is 0.0398. The maximum atomic E-state index is 10.9. The summed E-state index contributed by atoms with van der Waals surface area (Å²) in [6, 6.07) is 0. The Morgan fingerprint density at radius 1 is 1.62 bits per heavy atom. The van der Waals surface area contributed by atoms with Gasteiger partial charge >= 0.3 is 5.69 Å². The van der Waals surface area contributed by atoms with Gasteiger partial charge in [-0.1, -0.05) is 0 Å². The van der Waals surface area contributed by atoms with Crippen molar-refractivity contribution in [2.24, 2.45) is 0 Å². The van der Waals surface area contributed by atoms with E-state index in [2.05, 4.69) is 10.4 Å². The van der Waals surface area contributed by atoms with E-state index in [1.807, 2.05) is 6.92 Å². The first-order valence-electron chi connectivity index (χ1n) is 5.06. The zero-order valence-corrected chi connectivity index (χ0v) is 9.69. The highest BCUT2D eigenvalue weighted by molar-refractivity contribution is 5.59. The first-order valence-corrected chi connectivity index (χ1v) is 5.06. The lowest BCUT2D eigenvalue weighted by Gasteiger charge is -2.06. The highest BCUT2D eigenvalue weighted by Crippen LogP contribution is 2.27. The number of hydrogen-bond acceptors (Lipinski definition) is 5. The summed E-state index contributed by atoms with van der Waals surface area (Å²) < 4.78 is 6.47. The van der Waals surface area contributed by atoms with Gasteiger partial charge in [-0.15, -0.1) is 0 Å². The van der Waals surface area contributed by atoms with E-state index in [1.54, 1.807) is 18.7 Å². The topological polar surface area (TPSA) is 82.2 Å². The number of aryl methyl sites for hydroxylation is 2. The number of nitrogens with zero attached hydrogens (tertiary/aromatic N) is 3. The van der Waals surface area contributed by atoms with Crippen molar-refractivity contribution in [1.82, 2.24) is 9.78 Å². The quantitative estimate of drug-likeness (QED) is 0.449. The molecule has 0 bridgehead atoms. The molecule has 7 heteroatoms. The van der Waals surface area contributed by atoms with Gasteiger partial charge in [0.1, 0.15) is 5.69 Å². The molecule has 90 valence electrons. The van der Waals surface area contributed by atoms with E-state index in [4.69, 9.17) is 4.74 Å². The Labute approximate surface area is 93.5 Å². The summed E-state index contributed by atoms with van der Waals surface area (Å²) in [5.41, 5.74) is 0.463. The zero-order chi connectivity index (χ0) is 12.1. The number of ether oxygens (including phenoxy) is 1. The molecule has 1 N–H and O–H groups in total. The molecule has 0 radical (unpaired) electrons. The highest BCUT2D eigenvalue weighted by Gasteiger charge is 2.24. The molecule has 0 unspecified atom stereocenters. The fourth-order valence-electron chi connectivity index (χ4n) is 1.47. The normalized spacial score (nSPS) is 10.4. The second kappa shape index (κ2) is 5.45. The lowest BCUT2D eigenvalue weighted by Crippen LogP contribution is -2.12. The van der Waals surface area contributed by atoms with Crippen LogP contribution in [0.25, 0.3) is 0 Å². The Morgan fingerprint density at radius 3 is 2.81 bits per heavy atom. The lowest BCUT2D eigenvalue weighted by atomic mass is 10.4. The SMILES string of the molecule is CCn1nc(C)c([N+](=O)[O-])c1NCCOC. The van der Waals surface area contributed by atoms with Gasteiger partial charge in [0.15, 0.2) is 0 Å². The lowest BCUT2D eigenvalue weighted by molar-refractivity contribution is -0.384. The van der Waals surface area contributed by atoms with Crippen LogP contribution in [0.2, 0.25) is 0 Å². The third kappa shape index (κ3) is 2.48. The Kier molecular flexibility index (Phi) is 4.24. The average Bonchev–Trinajstić information content (AvgIpc) is 2.55. The summed E-state index contributed by atoms with van der Waals surface area (Å²) in [4.78, 5) is 10.5. The van der Waals surface area contributed by atoms with Crippen LogP contribution in [-0.2, 0) is 11.3 Å². The largest absolute Gasteiger partial charge is 0.383 e. The summed E-state index contributed by atoms with van der Waals surface area (Å²) in [6.07, 6.45) is 0. The molecule has 0 spiro atoms. The molecule has 1 aromatic heterocycles. The van der Waals surface area contributed by atoms with Crippen molar-refractivity contribution in [2.75, 3.05) is 25.6 Å². The Bertz CT molecular complexity index is 375. The van der Waals surface area contributed by atoms with Gasteiger partial charge in [0.2, 0.25) is 5.82 Å². The van der Waals surface area contributed by atoms with Gasteiger partial charge < -0.3 is 10.1 Å². The molecule has 0 aliphatic carbocycles. The van der Waals surface area contributed by atoms with Crippen molar-refractivity contribution in [3.05, 3.63) is 15.8 Å². The van der Waals surface area contributed by atoms with Crippen molar-refractivity contribution in [3.63, 3.8) is 0 Å². The van der Waals surface area contributed by atoms with Crippen LogP contribution in [0.15, 0.2) is 0 Å². The van der Waals surface area contributed by atoms with E-state index in [0.717, 1.165) is 0 Å². The number of nitro groups is 1. The van der Waals surface area contributed by atoms with Gasteiger partial charge in [0.25, 0.3) is 0 Å². The highest BCUT2D eigenvalue weighted by atomic mass is 16.6. The molecule has 0 aromatic carbocycles. The van der Waals surface area contributed by atoms with E-state index in [1.165, 1.54) is 0 Å². The maximum Gasteiger partial charge on any atom is 0.333 e. The second-order valence-corrected chi connectivity index (χ2v) is 3.28. The zero-order valence-electron chi connectivity index (χ0n) is 9.69. The van der Waals surface area contributed by atoms with E-state index in [0.29, 0.717) is 31.2 Å². The van der Waals surface area contributed by atoms with Gasteiger partial charge in [0.05, 0.1) is 11.5 Å². The molecule has 1 heterocycles. The third-order valence-corrected chi connectivity index (χ3v) is 2.18. The van der Waals surface area contributed by atoms with Gasteiger partial charge in [-0.25, -0.2) is 4.68 Å². The van der Waals surface area contributed by atoms with E-state index in [9.17, 15) is 10.1 Å². The Balaban J connectivity index is 2.97. The minimum atomic E-state index is -0.413. The number of anilines is 1. The monoisotopic (exact) mass is 228 g/mol. The van der Waals surface area contributed by atoms with Crippen LogP contribution < -0.4 is 5.32 Å². The summed E-state index contributed by atoms with van der Waals surface area (Å²) in [7, 11) is 1.58. The van der Waals surface area contributed by atoms with Crippen molar-refractivity contribution >= 4 is 11.5 Å². The summed E-state index contributed by atoms with van der Waals surface area (Å²) in [5, 5.41) is 18.0. The van der Waals surface area contributed by atoms with Crippen molar-refractivity contribution < 1.29 is 9.66 Å². The smallest absolute Gasteiger partial charge is 0.333 e. The summed E-state index contributed by atoms with van der Waals surface area (Å²) in [6.45, 7) is 5.11. The van der Waals surface area contributed by atoms with Gasteiger partial charge in [-0.05, 0) is 13.8 Å². The molecule has 0 aliphatic heterocycles. The number of hydrogen-bond donors (Lipinski definition) is 1. The molecular formula is C9H16N4O3. The molecule has 0 atom stereocenters. The van der Waals surface area contributed by atoms with Crippen LogP contribution in [-0.4, -0.2) is 35.0 Å². The molecule has 1 rings (SSSR count). The third-order valence-electron chi connectivity index (χ3n) is 2.18. The average molecular weight is 228 g/mol. The number of rotatable bonds is 6. The standard InChI is InChI=1S/C9H16N4O3/c1-4-12-9(10-5-6-16-3)8(13(14)15)7(2)11-12/h10H,4-6H2,1-3H3. The second-order valence-electron chi connectivity index (χ2n) is 3.28. The van der Waals surface area contributed by atoms with Crippen LogP contribution in [0.4, 0.5) is 11.5 Å². The van der Waals surface area contributed by atoms with Gasteiger partial charge in [-0.2, -0.15) is 5.10 Å². The van der Waals surface area contributed by atoms with Crippen LogP contribution in [0.3, 0.4) is 0 Å².